The molecule has 1 aromatic heterocycles. The van der Waals surface area contributed by atoms with E-state index < -0.39 is 0 Å². The molecule has 6 nitrogen and oxygen atoms in total. The third-order valence-electron chi connectivity index (χ3n) is 4.09. The molecule has 144 valence electrons. The number of nitrogens with two attached hydrogens (primary N) is 1. The summed E-state index contributed by atoms with van der Waals surface area (Å²) in [5.74, 6) is 2.54. The first-order valence-corrected chi connectivity index (χ1v) is 9.28. The van der Waals surface area contributed by atoms with Crippen LogP contribution in [-0.4, -0.2) is 9.97 Å². The summed E-state index contributed by atoms with van der Waals surface area (Å²) in [6, 6.07) is 24.4. The Morgan fingerprint density at radius 2 is 1.21 bits per heavy atom. The Labute approximate surface area is 173 Å². The molecule has 29 heavy (non-hydrogen) atoms. The number of benzene rings is 3. The summed E-state index contributed by atoms with van der Waals surface area (Å²) in [4.78, 5) is 8.46. The van der Waals surface area contributed by atoms with E-state index >= 15 is 0 Å². The number of nitrogens with zero attached hydrogens (tertiary/aromatic N) is 2. The van der Waals surface area contributed by atoms with Gasteiger partial charge in [0.1, 0.15) is 23.5 Å². The molecule has 0 amide bonds. The van der Waals surface area contributed by atoms with Gasteiger partial charge >= 0.3 is 0 Å². The van der Waals surface area contributed by atoms with E-state index in [9.17, 15) is 0 Å². The molecule has 0 saturated heterocycles. The molecule has 0 unspecified atom stereocenters. The highest BCUT2D eigenvalue weighted by Crippen LogP contribution is 2.29. The maximum atomic E-state index is 6.24. The molecule has 0 atom stereocenters. The highest BCUT2D eigenvalue weighted by molar-refractivity contribution is 6.30. The second kappa shape index (κ2) is 8.50. The second-order valence-electron chi connectivity index (χ2n) is 6.18. The van der Waals surface area contributed by atoms with Gasteiger partial charge in [0.2, 0.25) is 0 Å². The number of ether oxygens (including phenoxy) is 1. The number of hydrogen-bond acceptors (Lipinski definition) is 6. The van der Waals surface area contributed by atoms with Crippen LogP contribution in [0.5, 0.6) is 11.5 Å². The van der Waals surface area contributed by atoms with Crippen LogP contribution in [0.4, 0.5) is 28.7 Å². The number of aromatic nitrogens is 2. The average Bonchev–Trinajstić information content (AvgIpc) is 2.75. The third kappa shape index (κ3) is 4.75. The molecule has 3 aromatic carbocycles. The summed E-state index contributed by atoms with van der Waals surface area (Å²) in [6.07, 6.45) is 1.45. The second-order valence-corrected chi connectivity index (χ2v) is 6.62. The fourth-order valence-electron chi connectivity index (χ4n) is 2.63. The largest absolute Gasteiger partial charge is 0.457 e. The van der Waals surface area contributed by atoms with Crippen molar-refractivity contribution in [2.75, 3.05) is 16.4 Å². The van der Waals surface area contributed by atoms with Crippen LogP contribution in [0.15, 0.2) is 85.2 Å². The van der Waals surface area contributed by atoms with Crippen LogP contribution in [0, 0.1) is 0 Å². The zero-order valence-corrected chi connectivity index (χ0v) is 16.1. The van der Waals surface area contributed by atoms with Crippen molar-refractivity contribution in [3.05, 3.63) is 90.2 Å². The Balaban J connectivity index is 1.47. The van der Waals surface area contributed by atoms with Crippen LogP contribution in [0.2, 0.25) is 5.02 Å². The molecular formula is C22H18ClN5O. The van der Waals surface area contributed by atoms with Crippen molar-refractivity contribution in [1.29, 1.82) is 0 Å². The van der Waals surface area contributed by atoms with Gasteiger partial charge in [-0.1, -0.05) is 29.8 Å². The minimum Gasteiger partial charge on any atom is -0.457 e. The van der Waals surface area contributed by atoms with E-state index in [1.807, 2.05) is 66.7 Å². The molecule has 0 bridgehead atoms. The fraction of sp³-hybridized carbons (Fsp3) is 0. The van der Waals surface area contributed by atoms with Crippen molar-refractivity contribution >= 4 is 40.3 Å². The molecule has 0 saturated carbocycles. The van der Waals surface area contributed by atoms with Crippen LogP contribution in [-0.2, 0) is 0 Å². The van der Waals surface area contributed by atoms with Crippen molar-refractivity contribution in [1.82, 2.24) is 9.97 Å². The highest BCUT2D eigenvalue weighted by Gasteiger charge is 2.09. The van der Waals surface area contributed by atoms with Crippen molar-refractivity contribution in [2.24, 2.45) is 0 Å². The Hall–Kier alpha value is -3.77. The number of para-hydroxylation sites is 1. The highest BCUT2D eigenvalue weighted by atomic mass is 35.5. The minimum absolute atomic E-state index is 0.409. The van der Waals surface area contributed by atoms with E-state index in [1.165, 1.54) is 6.33 Å². The molecular weight excluding hydrogens is 386 g/mol. The van der Waals surface area contributed by atoms with E-state index in [1.54, 1.807) is 12.1 Å². The number of rotatable bonds is 6. The van der Waals surface area contributed by atoms with Gasteiger partial charge in [0, 0.05) is 16.4 Å². The van der Waals surface area contributed by atoms with E-state index in [4.69, 9.17) is 22.1 Å². The third-order valence-corrected chi connectivity index (χ3v) is 4.34. The van der Waals surface area contributed by atoms with Crippen LogP contribution in [0.25, 0.3) is 0 Å². The molecule has 0 aliphatic carbocycles. The molecule has 4 aromatic rings. The summed E-state index contributed by atoms with van der Waals surface area (Å²) in [5.41, 5.74) is 8.30. The van der Waals surface area contributed by atoms with E-state index in [0.717, 1.165) is 22.9 Å². The lowest BCUT2D eigenvalue weighted by Gasteiger charge is -2.13. The van der Waals surface area contributed by atoms with E-state index in [0.29, 0.717) is 22.3 Å². The molecule has 4 rings (SSSR count). The first-order chi connectivity index (χ1) is 14.2. The first-order valence-electron chi connectivity index (χ1n) is 8.90. The molecule has 4 N–H and O–H groups in total. The van der Waals surface area contributed by atoms with Crippen molar-refractivity contribution in [3.63, 3.8) is 0 Å². The Morgan fingerprint density at radius 3 is 1.79 bits per heavy atom. The quantitative estimate of drug-likeness (QED) is 0.366. The lowest BCUT2D eigenvalue weighted by atomic mass is 10.3. The summed E-state index contributed by atoms with van der Waals surface area (Å²) in [7, 11) is 0. The van der Waals surface area contributed by atoms with Gasteiger partial charge in [-0.15, -0.1) is 0 Å². The van der Waals surface area contributed by atoms with Gasteiger partial charge in [0.05, 0.1) is 0 Å². The Morgan fingerprint density at radius 1 is 0.690 bits per heavy atom. The van der Waals surface area contributed by atoms with Gasteiger partial charge < -0.3 is 21.1 Å². The van der Waals surface area contributed by atoms with Crippen LogP contribution >= 0.6 is 11.6 Å². The molecule has 7 heteroatoms. The Bertz CT molecular complexity index is 1090. The van der Waals surface area contributed by atoms with Crippen LogP contribution < -0.4 is 21.1 Å². The van der Waals surface area contributed by atoms with Gasteiger partial charge in [-0.25, -0.2) is 9.97 Å². The minimum atomic E-state index is 0.409. The van der Waals surface area contributed by atoms with Gasteiger partial charge in [-0.05, 0) is 60.7 Å². The van der Waals surface area contributed by atoms with Crippen molar-refractivity contribution in [3.8, 4) is 11.5 Å². The monoisotopic (exact) mass is 403 g/mol. The zero-order chi connectivity index (χ0) is 20.1. The van der Waals surface area contributed by atoms with Crippen molar-refractivity contribution in [2.45, 2.75) is 0 Å². The summed E-state index contributed by atoms with van der Waals surface area (Å²) >= 11 is 5.92. The van der Waals surface area contributed by atoms with Gasteiger partial charge in [-0.2, -0.15) is 0 Å². The molecule has 0 spiro atoms. The number of nitrogen functional groups attached to an aromatic ring is 1. The predicted octanol–water partition coefficient (Wildman–Crippen LogP) is 5.99. The summed E-state index contributed by atoms with van der Waals surface area (Å²) in [5, 5.41) is 7.03. The van der Waals surface area contributed by atoms with Crippen LogP contribution in [0.3, 0.4) is 0 Å². The van der Waals surface area contributed by atoms with Gasteiger partial charge in [0.15, 0.2) is 11.6 Å². The number of anilines is 5. The Kier molecular flexibility index (Phi) is 5.45. The van der Waals surface area contributed by atoms with Gasteiger partial charge in [-0.3, -0.25) is 0 Å². The molecule has 0 radical (unpaired) electrons. The van der Waals surface area contributed by atoms with E-state index in [2.05, 4.69) is 20.6 Å². The number of hydrogen-bond donors (Lipinski definition) is 3. The molecule has 0 aliphatic heterocycles. The lowest BCUT2D eigenvalue weighted by molar-refractivity contribution is 0.483. The zero-order valence-electron chi connectivity index (χ0n) is 15.3. The first kappa shape index (κ1) is 18.6. The molecule has 0 fully saturated rings. The predicted molar refractivity (Wildman–Crippen MR) is 117 cm³/mol. The average molecular weight is 404 g/mol. The standard InChI is InChI=1S/C22H18ClN5O/c23-15-6-8-16(9-7-15)27-21-20(24)22(26-14-25-21)28-17-10-12-19(13-11-17)29-18-4-2-1-3-5-18/h1-14H,24H2,(H2,25,26,27,28). The maximum Gasteiger partial charge on any atom is 0.159 e. The summed E-state index contributed by atoms with van der Waals surface area (Å²) < 4.78 is 5.80. The smallest absolute Gasteiger partial charge is 0.159 e. The fourth-order valence-corrected chi connectivity index (χ4v) is 2.76. The topological polar surface area (TPSA) is 85.1 Å². The normalized spacial score (nSPS) is 10.4. The molecule has 1 heterocycles. The number of nitrogens with one attached hydrogen (secondary N) is 2. The van der Waals surface area contributed by atoms with Crippen LogP contribution in [0.1, 0.15) is 0 Å². The lowest BCUT2D eigenvalue weighted by Crippen LogP contribution is -2.05. The number of halogens is 1. The van der Waals surface area contributed by atoms with Crippen molar-refractivity contribution < 1.29 is 4.74 Å². The van der Waals surface area contributed by atoms with Gasteiger partial charge in [0.25, 0.3) is 0 Å². The molecule has 0 aliphatic rings. The van der Waals surface area contributed by atoms with E-state index in [-0.39, 0.29) is 0 Å². The maximum absolute atomic E-state index is 6.24. The summed E-state index contributed by atoms with van der Waals surface area (Å²) in [6.45, 7) is 0. The SMILES string of the molecule is Nc1c(Nc2ccc(Cl)cc2)ncnc1Nc1ccc(Oc2ccccc2)cc1.